The van der Waals surface area contributed by atoms with Gasteiger partial charge in [0.25, 0.3) is 0 Å². The fourth-order valence-electron chi connectivity index (χ4n) is 1.29. The maximum atomic E-state index is 11.5. The van der Waals surface area contributed by atoms with Crippen molar-refractivity contribution in [1.82, 2.24) is 5.32 Å². The largest absolute Gasteiger partial charge is 0.506 e. The lowest BCUT2D eigenvalue weighted by Crippen LogP contribution is -2.36. The number of aryl methyl sites for hydroxylation is 1. The molecule has 0 heterocycles. The van der Waals surface area contributed by atoms with Gasteiger partial charge >= 0.3 is 11.8 Å². The van der Waals surface area contributed by atoms with Crippen molar-refractivity contribution >= 4 is 17.5 Å². The molecule has 0 radical (unpaired) electrons. The number of hydrogen-bond donors (Lipinski definition) is 4. The Kier molecular flexibility index (Phi) is 5.13. The van der Waals surface area contributed by atoms with Crippen LogP contribution in [0.5, 0.6) is 5.75 Å². The van der Waals surface area contributed by atoms with Crippen molar-refractivity contribution in [1.29, 1.82) is 0 Å². The standard InChI is InChI=1S/C12H16N2O4/c1-8-3-4-10(16)9(7-8)14-12(18)11(17)13-5-2-6-15/h3-4,7,15-16H,2,5-6H2,1H3,(H,13,17)(H,14,18). The molecule has 4 N–H and O–H groups in total. The maximum Gasteiger partial charge on any atom is 0.313 e. The van der Waals surface area contributed by atoms with Gasteiger partial charge in [0, 0.05) is 13.2 Å². The summed E-state index contributed by atoms with van der Waals surface area (Å²) in [6, 6.07) is 4.69. The molecule has 0 saturated heterocycles. The molecule has 0 fully saturated rings. The minimum absolute atomic E-state index is 0.0550. The van der Waals surface area contributed by atoms with Crippen molar-refractivity contribution in [2.75, 3.05) is 18.5 Å². The second kappa shape index (κ2) is 6.61. The van der Waals surface area contributed by atoms with Crippen molar-refractivity contribution in [3.63, 3.8) is 0 Å². The lowest BCUT2D eigenvalue weighted by Gasteiger charge is -2.08. The molecule has 0 bridgehead atoms. The average molecular weight is 252 g/mol. The van der Waals surface area contributed by atoms with Gasteiger partial charge in [-0.05, 0) is 31.0 Å². The number of phenolic OH excluding ortho intramolecular Hbond substituents is 1. The molecule has 2 amide bonds. The Morgan fingerprint density at radius 1 is 1.28 bits per heavy atom. The molecule has 1 rings (SSSR count). The van der Waals surface area contributed by atoms with Gasteiger partial charge in [-0.3, -0.25) is 9.59 Å². The van der Waals surface area contributed by atoms with Gasteiger partial charge in [-0.2, -0.15) is 0 Å². The second-order valence-corrected chi connectivity index (χ2v) is 3.81. The third-order valence-corrected chi connectivity index (χ3v) is 2.23. The summed E-state index contributed by atoms with van der Waals surface area (Å²) in [6.45, 7) is 1.97. The quantitative estimate of drug-likeness (QED) is 0.348. The molecule has 0 unspecified atom stereocenters. The number of amides is 2. The lowest BCUT2D eigenvalue weighted by molar-refractivity contribution is -0.136. The van der Waals surface area contributed by atoms with Crippen molar-refractivity contribution in [2.24, 2.45) is 0 Å². The Hall–Kier alpha value is -2.08. The van der Waals surface area contributed by atoms with Gasteiger partial charge in [0.05, 0.1) is 5.69 Å². The van der Waals surface area contributed by atoms with Crippen LogP contribution in [0.1, 0.15) is 12.0 Å². The summed E-state index contributed by atoms with van der Waals surface area (Å²) < 4.78 is 0. The SMILES string of the molecule is Cc1ccc(O)c(NC(=O)C(=O)NCCCO)c1. The van der Waals surface area contributed by atoms with Crippen molar-refractivity contribution < 1.29 is 19.8 Å². The minimum Gasteiger partial charge on any atom is -0.506 e. The number of aromatic hydroxyl groups is 1. The van der Waals surface area contributed by atoms with E-state index in [9.17, 15) is 14.7 Å². The first-order valence-electron chi connectivity index (χ1n) is 5.54. The number of aliphatic hydroxyl groups excluding tert-OH is 1. The zero-order valence-electron chi connectivity index (χ0n) is 10.1. The Morgan fingerprint density at radius 2 is 2.00 bits per heavy atom. The molecular formula is C12H16N2O4. The molecule has 0 aliphatic heterocycles. The molecule has 1 aromatic rings. The van der Waals surface area contributed by atoms with Crippen LogP contribution in [0.2, 0.25) is 0 Å². The van der Waals surface area contributed by atoms with E-state index in [4.69, 9.17) is 5.11 Å². The van der Waals surface area contributed by atoms with Crippen LogP contribution in [0.4, 0.5) is 5.69 Å². The van der Waals surface area contributed by atoms with E-state index >= 15 is 0 Å². The molecule has 0 aliphatic rings. The molecule has 98 valence electrons. The number of phenols is 1. The Balaban J connectivity index is 2.58. The van der Waals surface area contributed by atoms with Gasteiger partial charge in [0.2, 0.25) is 0 Å². The van der Waals surface area contributed by atoms with E-state index in [-0.39, 0.29) is 24.6 Å². The molecule has 18 heavy (non-hydrogen) atoms. The van der Waals surface area contributed by atoms with Gasteiger partial charge < -0.3 is 20.8 Å². The van der Waals surface area contributed by atoms with Crippen LogP contribution in [0.15, 0.2) is 18.2 Å². The zero-order chi connectivity index (χ0) is 13.5. The van der Waals surface area contributed by atoms with Crippen LogP contribution < -0.4 is 10.6 Å². The fourth-order valence-corrected chi connectivity index (χ4v) is 1.29. The van der Waals surface area contributed by atoms with Crippen LogP contribution >= 0.6 is 0 Å². The fraction of sp³-hybridized carbons (Fsp3) is 0.333. The summed E-state index contributed by atoms with van der Waals surface area (Å²) in [5.74, 6) is -1.75. The molecular weight excluding hydrogens is 236 g/mol. The minimum atomic E-state index is -0.853. The average Bonchev–Trinajstić information content (AvgIpc) is 2.34. The van der Waals surface area contributed by atoms with E-state index in [2.05, 4.69) is 10.6 Å². The smallest absolute Gasteiger partial charge is 0.313 e. The Labute approximate surface area is 105 Å². The highest BCUT2D eigenvalue weighted by molar-refractivity contribution is 6.39. The lowest BCUT2D eigenvalue weighted by atomic mass is 10.2. The Morgan fingerprint density at radius 3 is 2.67 bits per heavy atom. The summed E-state index contributed by atoms with van der Waals surface area (Å²) in [7, 11) is 0. The molecule has 1 aromatic carbocycles. The van der Waals surface area contributed by atoms with Gasteiger partial charge in [0.1, 0.15) is 5.75 Å². The second-order valence-electron chi connectivity index (χ2n) is 3.81. The third kappa shape index (κ3) is 4.06. The van der Waals surface area contributed by atoms with E-state index in [1.54, 1.807) is 19.1 Å². The van der Waals surface area contributed by atoms with Crippen molar-refractivity contribution in [3.05, 3.63) is 23.8 Å². The number of carbonyl (C=O) groups excluding carboxylic acids is 2. The molecule has 0 aliphatic carbocycles. The maximum absolute atomic E-state index is 11.5. The number of hydrogen-bond acceptors (Lipinski definition) is 4. The first-order chi connectivity index (χ1) is 8.54. The molecule has 0 aromatic heterocycles. The van der Waals surface area contributed by atoms with E-state index < -0.39 is 11.8 Å². The van der Waals surface area contributed by atoms with Crippen LogP contribution in [0, 0.1) is 6.92 Å². The molecule has 6 heteroatoms. The normalized spacial score (nSPS) is 9.89. The van der Waals surface area contributed by atoms with Crippen LogP contribution in [-0.4, -0.2) is 35.2 Å². The molecule has 0 saturated carbocycles. The predicted molar refractivity (Wildman–Crippen MR) is 66.2 cm³/mol. The van der Waals surface area contributed by atoms with Gasteiger partial charge in [-0.1, -0.05) is 6.07 Å². The van der Waals surface area contributed by atoms with Crippen LogP contribution in [0.25, 0.3) is 0 Å². The van der Waals surface area contributed by atoms with E-state index in [1.165, 1.54) is 6.07 Å². The highest BCUT2D eigenvalue weighted by atomic mass is 16.3. The number of carbonyl (C=O) groups is 2. The number of nitrogens with one attached hydrogen (secondary N) is 2. The first kappa shape index (κ1) is 14.0. The number of anilines is 1. The number of rotatable bonds is 4. The van der Waals surface area contributed by atoms with Crippen LogP contribution in [0.3, 0.4) is 0 Å². The summed E-state index contributed by atoms with van der Waals surface area (Å²) >= 11 is 0. The summed E-state index contributed by atoms with van der Waals surface area (Å²) in [4.78, 5) is 22.8. The Bertz CT molecular complexity index is 446. The number of aliphatic hydroxyl groups is 1. The highest BCUT2D eigenvalue weighted by Crippen LogP contribution is 2.23. The zero-order valence-corrected chi connectivity index (χ0v) is 10.1. The van der Waals surface area contributed by atoms with Gasteiger partial charge in [-0.25, -0.2) is 0 Å². The monoisotopic (exact) mass is 252 g/mol. The van der Waals surface area contributed by atoms with Gasteiger partial charge in [0.15, 0.2) is 0 Å². The van der Waals surface area contributed by atoms with Crippen molar-refractivity contribution in [2.45, 2.75) is 13.3 Å². The molecule has 0 atom stereocenters. The highest BCUT2D eigenvalue weighted by Gasteiger charge is 2.14. The molecule has 0 spiro atoms. The van der Waals surface area contributed by atoms with Gasteiger partial charge in [-0.15, -0.1) is 0 Å². The van der Waals surface area contributed by atoms with Crippen LogP contribution in [-0.2, 0) is 9.59 Å². The summed E-state index contributed by atoms with van der Waals surface area (Å²) in [5.41, 5.74) is 1.04. The van der Waals surface area contributed by atoms with E-state index in [0.29, 0.717) is 6.42 Å². The van der Waals surface area contributed by atoms with Crippen molar-refractivity contribution in [3.8, 4) is 5.75 Å². The van der Waals surface area contributed by atoms with E-state index in [0.717, 1.165) is 5.56 Å². The predicted octanol–water partition coefficient (Wildman–Crippen LogP) is 0.138. The topological polar surface area (TPSA) is 98.7 Å². The summed E-state index contributed by atoms with van der Waals surface area (Å²) in [5, 5.41) is 22.7. The van der Waals surface area contributed by atoms with E-state index in [1.807, 2.05) is 0 Å². The third-order valence-electron chi connectivity index (χ3n) is 2.23. The summed E-state index contributed by atoms with van der Waals surface area (Å²) in [6.07, 6.45) is 0.384. The first-order valence-corrected chi connectivity index (χ1v) is 5.54. The molecule has 6 nitrogen and oxygen atoms in total. The number of benzene rings is 1.